The molecule has 0 aromatic carbocycles. The van der Waals surface area contributed by atoms with Gasteiger partial charge in [-0.2, -0.15) is 12.7 Å². The van der Waals surface area contributed by atoms with E-state index in [4.69, 9.17) is 0 Å². The first-order valence-corrected chi connectivity index (χ1v) is 7.43. The SMILES string of the molecule is CN(C)CCNS(=O)(=O)N1CCCCC1CO. The van der Waals surface area contributed by atoms with Crippen molar-refractivity contribution in [2.75, 3.05) is 40.3 Å². The van der Waals surface area contributed by atoms with Gasteiger partial charge in [-0.15, -0.1) is 0 Å². The fraction of sp³-hybridized carbons (Fsp3) is 1.00. The molecule has 1 saturated heterocycles. The second-order valence-corrected chi connectivity index (χ2v) is 6.35. The Labute approximate surface area is 104 Å². The molecule has 0 aliphatic carbocycles. The third-order valence-corrected chi connectivity index (χ3v) is 4.60. The third-order valence-electron chi connectivity index (χ3n) is 2.94. The van der Waals surface area contributed by atoms with Gasteiger partial charge < -0.3 is 10.0 Å². The highest BCUT2D eigenvalue weighted by Crippen LogP contribution is 2.19. The van der Waals surface area contributed by atoms with Gasteiger partial charge in [0.05, 0.1) is 6.61 Å². The van der Waals surface area contributed by atoms with Crippen LogP contribution in [0, 0.1) is 0 Å². The van der Waals surface area contributed by atoms with Crippen molar-refractivity contribution < 1.29 is 13.5 Å². The van der Waals surface area contributed by atoms with E-state index in [1.165, 1.54) is 4.31 Å². The number of nitrogens with one attached hydrogen (secondary N) is 1. The van der Waals surface area contributed by atoms with E-state index in [0.717, 1.165) is 19.3 Å². The van der Waals surface area contributed by atoms with Gasteiger partial charge in [-0.05, 0) is 26.9 Å². The number of hydrogen-bond donors (Lipinski definition) is 2. The lowest BCUT2D eigenvalue weighted by atomic mass is 10.1. The molecule has 1 atom stereocenters. The molecular weight excluding hydrogens is 242 g/mol. The molecule has 1 aliphatic rings. The van der Waals surface area contributed by atoms with E-state index >= 15 is 0 Å². The van der Waals surface area contributed by atoms with Gasteiger partial charge in [0.15, 0.2) is 0 Å². The molecule has 0 radical (unpaired) electrons. The maximum absolute atomic E-state index is 12.0. The predicted molar refractivity (Wildman–Crippen MR) is 66.9 cm³/mol. The molecule has 1 unspecified atom stereocenters. The minimum absolute atomic E-state index is 0.103. The predicted octanol–water partition coefficient (Wildman–Crippen LogP) is -0.771. The molecule has 102 valence electrons. The van der Waals surface area contributed by atoms with E-state index in [0.29, 0.717) is 19.6 Å². The Morgan fingerprint density at radius 2 is 2.12 bits per heavy atom. The second-order valence-electron chi connectivity index (χ2n) is 4.65. The number of aliphatic hydroxyl groups is 1. The van der Waals surface area contributed by atoms with Crippen LogP contribution in [0.2, 0.25) is 0 Å². The summed E-state index contributed by atoms with van der Waals surface area (Å²) in [4.78, 5) is 1.92. The molecule has 17 heavy (non-hydrogen) atoms. The van der Waals surface area contributed by atoms with Crippen LogP contribution in [-0.2, 0) is 10.2 Å². The summed E-state index contributed by atoms with van der Waals surface area (Å²) in [6, 6.07) is -0.263. The standard InChI is InChI=1S/C10H23N3O3S/c1-12(2)8-6-11-17(15,16)13-7-4-3-5-10(13)9-14/h10-11,14H,3-9H2,1-2H3. The zero-order valence-electron chi connectivity index (χ0n) is 10.6. The molecule has 0 saturated carbocycles. The topological polar surface area (TPSA) is 72.9 Å². The largest absolute Gasteiger partial charge is 0.395 e. The zero-order valence-corrected chi connectivity index (χ0v) is 11.4. The van der Waals surface area contributed by atoms with Crippen LogP contribution >= 0.6 is 0 Å². The summed E-state index contributed by atoms with van der Waals surface area (Å²) in [5.74, 6) is 0. The fourth-order valence-electron chi connectivity index (χ4n) is 1.95. The van der Waals surface area contributed by atoms with Crippen molar-refractivity contribution in [2.24, 2.45) is 0 Å². The minimum atomic E-state index is -3.44. The molecule has 1 heterocycles. The molecule has 0 aromatic heterocycles. The van der Waals surface area contributed by atoms with E-state index < -0.39 is 10.2 Å². The molecule has 1 rings (SSSR count). The number of nitrogens with zero attached hydrogens (tertiary/aromatic N) is 2. The highest BCUT2D eigenvalue weighted by atomic mass is 32.2. The average Bonchev–Trinajstić information content (AvgIpc) is 2.28. The molecule has 1 aliphatic heterocycles. The van der Waals surface area contributed by atoms with Crippen LogP contribution in [0.15, 0.2) is 0 Å². The Morgan fingerprint density at radius 3 is 2.71 bits per heavy atom. The fourth-order valence-corrected chi connectivity index (χ4v) is 3.40. The van der Waals surface area contributed by atoms with Gasteiger partial charge in [0.1, 0.15) is 0 Å². The highest BCUT2D eigenvalue weighted by Gasteiger charge is 2.31. The number of piperidine rings is 1. The number of likely N-dealkylation sites (N-methyl/N-ethyl adjacent to an activating group) is 1. The molecule has 0 aromatic rings. The van der Waals surface area contributed by atoms with Crippen molar-refractivity contribution in [1.29, 1.82) is 0 Å². The lowest BCUT2D eigenvalue weighted by Gasteiger charge is -2.33. The van der Waals surface area contributed by atoms with E-state index in [2.05, 4.69) is 4.72 Å². The highest BCUT2D eigenvalue weighted by molar-refractivity contribution is 7.87. The molecule has 6 nitrogen and oxygen atoms in total. The first kappa shape index (κ1) is 14.8. The quantitative estimate of drug-likeness (QED) is 0.661. The Balaban J connectivity index is 2.55. The number of rotatable bonds is 6. The van der Waals surface area contributed by atoms with Gasteiger partial charge in [-0.3, -0.25) is 0 Å². The van der Waals surface area contributed by atoms with Crippen molar-refractivity contribution in [2.45, 2.75) is 25.3 Å². The van der Waals surface area contributed by atoms with E-state index in [-0.39, 0.29) is 12.6 Å². The van der Waals surface area contributed by atoms with Gasteiger partial charge in [0, 0.05) is 25.7 Å². The average molecular weight is 265 g/mol. The Hall–Kier alpha value is -0.210. The maximum Gasteiger partial charge on any atom is 0.279 e. The first-order valence-electron chi connectivity index (χ1n) is 5.99. The van der Waals surface area contributed by atoms with Crippen LogP contribution in [0.3, 0.4) is 0 Å². The Bertz CT molecular complexity index is 319. The molecule has 0 bridgehead atoms. The van der Waals surface area contributed by atoms with Gasteiger partial charge in [-0.25, -0.2) is 4.72 Å². The summed E-state index contributed by atoms with van der Waals surface area (Å²) in [6.45, 7) is 1.46. The monoisotopic (exact) mass is 265 g/mol. The zero-order chi connectivity index (χ0) is 12.9. The number of hydrogen-bond acceptors (Lipinski definition) is 4. The molecular formula is C10H23N3O3S. The maximum atomic E-state index is 12.0. The van der Waals surface area contributed by atoms with Crippen LogP contribution in [0.1, 0.15) is 19.3 Å². The summed E-state index contributed by atoms with van der Waals surface area (Å²) >= 11 is 0. The lowest BCUT2D eigenvalue weighted by Crippen LogP contribution is -2.51. The van der Waals surface area contributed by atoms with Crippen molar-refractivity contribution in [3.63, 3.8) is 0 Å². The summed E-state index contributed by atoms with van der Waals surface area (Å²) in [5.41, 5.74) is 0. The van der Waals surface area contributed by atoms with Crippen LogP contribution < -0.4 is 4.72 Å². The van der Waals surface area contributed by atoms with Crippen molar-refractivity contribution in [1.82, 2.24) is 13.9 Å². The number of aliphatic hydroxyl groups excluding tert-OH is 1. The van der Waals surface area contributed by atoms with Gasteiger partial charge in [0.25, 0.3) is 10.2 Å². The minimum Gasteiger partial charge on any atom is -0.395 e. The van der Waals surface area contributed by atoms with Crippen LogP contribution in [0.4, 0.5) is 0 Å². The normalized spacial score (nSPS) is 23.2. The van der Waals surface area contributed by atoms with E-state index in [9.17, 15) is 13.5 Å². The van der Waals surface area contributed by atoms with Crippen molar-refractivity contribution >= 4 is 10.2 Å². The van der Waals surface area contributed by atoms with Crippen LogP contribution in [0.5, 0.6) is 0 Å². The van der Waals surface area contributed by atoms with Gasteiger partial charge in [0.2, 0.25) is 0 Å². The summed E-state index contributed by atoms with van der Waals surface area (Å²) in [5, 5.41) is 9.20. The third kappa shape index (κ3) is 4.51. The smallest absolute Gasteiger partial charge is 0.279 e. The van der Waals surface area contributed by atoms with E-state index in [1.807, 2.05) is 19.0 Å². The molecule has 0 amide bonds. The van der Waals surface area contributed by atoms with Crippen LogP contribution in [-0.4, -0.2) is 69.1 Å². The van der Waals surface area contributed by atoms with Gasteiger partial charge in [-0.1, -0.05) is 6.42 Å². The molecule has 0 spiro atoms. The molecule has 2 N–H and O–H groups in total. The molecule has 7 heteroatoms. The summed E-state index contributed by atoms with van der Waals surface area (Å²) in [6.07, 6.45) is 2.59. The van der Waals surface area contributed by atoms with E-state index in [1.54, 1.807) is 0 Å². The Morgan fingerprint density at radius 1 is 1.41 bits per heavy atom. The lowest BCUT2D eigenvalue weighted by molar-refractivity contribution is 0.154. The van der Waals surface area contributed by atoms with Gasteiger partial charge >= 0.3 is 0 Å². The Kier molecular flexibility index (Phi) is 5.81. The summed E-state index contributed by atoms with van der Waals surface area (Å²) < 4.78 is 28.0. The van der Waals surface area contributed by atoms with Crippen molar-refractivity contribution in [3.8, 4) is 0 Å². The first-order chi connectivity index (χ1) is 7.97. The molecule has 1 fully saturated rings. The second kappa shape index (κ2) is 6.65. The van der Waals surface area contributed by atoms with Crippen molar-refractivity contribution in [3.05, 3.63) is 0 Å². The summed E-state index contributed by atoms with van der Waals surface area (Å²) in [7, 11) is 0.346. The van der Waals surface area contributed by atoms with Crippen LogP contribution in [0.25, 0.3) is 0 Å².